The van der Waals surface area contributed by atoms with Gasteiger partial charge in [-0.25, -0.2) is 39.8 Å². The largest absolute Gasteiger partial charge is 0.508 e. The number of rotatable bonds is 16. The molecular formula is C52H47F7N4O10S4. The minimum absolute atomic E-state index is 0.000388. The van der Waals surface area contributed by atoms with E-state index in [0.29, 0.717) is 56.4 Å². The molecule has 0 bridgehead atoms. The van der Waals surface area contributed by atoms with E-state index in [1.807, 2.05) is 0 Å². The Morgan fingerprint density at radius 3 is 1.32 bits per heavy atom. The van der Waals surface area contributed by atoms with Gasteiger partial charge in [0.15, 0.2) is 10.3 Å². The summed E-state index contributed by atoms with van der Waals surface area (Å²) in [4.78, 5) is 8.25. The number of nitrogens with zero attached hydrogens (tertiary/aromatic N) is 4. The Morgan fingerprint density at radius 2 is 0.935 bits per heavy atom. The van der Waals surface area contributed by atoms with Gasteiger partial charge in [-0.2, -0.15) is 26.3 Å². The van der Waals surface area contributed by atoms with Gasteiger partial charge in [0.1, 0.15) is 46.1 Å². The molecule has 0 saturated carbocycles. The number of sulfonamides is 2. The highest BCUT2D eigenvalue weighted by molar-refractivity contribution is 7.93. The van der Waals surface area contributed by atoms with Crippen LogP contribution in [0.1, 0.15) is 33.4 Å². The molecule has 0 spiro atoms. The zero-order chi connectivity index (χ0) is 56.3. The topological polar surface area (TPSA) is 167 Å². The van der Waals surface area contributed by atoms with Crippen molar-refractivity contribution < 1.29 is 76.4 Å². The van der Waals surface area contributed by atoms with Crippen molar-refractivity contribution in [2.45, 2.75) is 49.1 Å². The molecule has 6 aromatic carbocycles. The molecule has 2 heterocycles. The van der Waals surface area contributed by atoms with Crippen molar-refractivity contribution >= 4 is 53.0 Å². The van der Waals surface area contributed by atoms with Crippen molar-refractivity contribution in [1.29, 1.82) is 0 Å². The fourth-order valence-electron chi connectivity index (χ4n) is 7.04. The fraction of sp³-hybridized carbons (Fsp3) is 0.192. The van der Waals surface area contributed by atoms with Gasteiger partial charge in [-0.15, -0.1) is 22.7 Å². The molecule has 2 aromatic heterocycles. The number of methoxy groups -OCH3 is 4. The number of ether oxygens (including phenoxy) is 5. The molecule has 8 rings (SSSR count). The summed E-state index contributed by atoms with van der Waals surface area (Å²) in [7, 11) is -2.02. The van der Waals surface area contributed by atoms with Gasteiger partial charge in [-0.3, -0.25) is 0 Å². The molecule has 0 fully saturated rings. The summed E-state index contributed by atoms with van der Waals surface area (Å²) in [5.41, 5.74) is 0.343. The van der Waals surface area contributed by atoms with Crippen LogP contribution >= 0.6 is 22.7 Å². The van der Waals surface area contributed by atoms with Gasteiger partial charge in [0.2, 0.25) is 0 Å². The zero-order valence-corrected chi connectivity index (χ0v) is 44.7. The van der Waals surface area contributed by atoms with E-state index in [2.05, 4.69) is 9.97 Å². The lowest BCUT2D eigenvalue weighted by molar-refractivity contribution is -0.138. The van der Waals surface area contributed by atoms with E-state index in [4.69, 9.17) is 28.8 Å². The van der Waals surface area contributed by atoms with Gasteiger partial charge < -0.3 is 28.8 Å². The number of hydrogen-bond donors (Lipinski definition) is 1. The number of aromatic nitrogens is 2. The number of thiazole rings is 2. The summed E-state index contributed by atoms with van der Waals surface area (Å²) in [6.07, 6.45) is -5.88. The fourth-order valence-corrected chi connectivity index (χ4v) is 11.6. The predicted molar refractivity (Wildman–Crippen MR) is 277 cm³/mol. The highest BCUT2D eigenvalue weighted by Gasteiger charge is 2.33. The SMILES string of the molecule is COc1ccc(CN(c2nccs2)S(=O)(=O)c2ccc(F)cc2)c(OC)c1.COc1ccc(CN(c2nccs2)S(=O)(=O)c2ccc(Oc3cc(C)cc(C(F)(F)F)c3)cc2)c(OC)c1.Cc1cc(O)cc(C(F)(F)F)c1. The summed E-state index contributed by atoms with van der Waals surface area (Å²) in [5, 5.41) is 12.8. The summed E-state index contributed by atoms with van der Waals surface area (Å²) >= 11 is 2.35. The van der Waals surface area contributed by atoms with Crippen molar-refractivity contribution in [2.24, 2.45) is 0 Å². The molecule has 25 heteroatoms. The van der Waals surface area contributed by atoms with Crippen LogP contribution in [-0.2, 0) is 45.5 Å². The minimum Gasteiger partial charge on any atom is -0.508 e. The van der Waals surface area contributed by atoms with Crippen molar-refractivity contribution in [2.75, 3.05) is 37.0 Å². The van der Waals surface area contributed by atoms with E-state index in [0.717, 1.165) is 46.0 Å². The molecule has 14 nitrogen and oxygen atoms in total. The first-order chi connectivity index (χ1) is 36.3. The quantitative estimate of drug-likeness (QED) is 0.0911. The van der Waals surface area contributed by atoms with E-state index in [-0.39, 0.29) is 45.3 Å². The second-order valence-electron chi connectivity index (χ2n) is 16.1. The van der Waals surface area contributed by atoms with E-state index < -0.39 is 49.3 Å². The van der Waals surface area contributed by atoms with Crippen LogP contribution in [0, 0.1) is 19.7 Å². The smallest absolute Gasteiger partial charge is 0.416 e. The number of aromatic hydroxyl groups is 1. The summed E-state index contributed by atoms with van der Waals surface area (Å²) < 4.78 is 172. The highest BCUT2D eigenvalue weighted by atomic mass is 32.2. The lowest BCUT2D eigenvalue weighted by atomic mass is 10.1. The number of phenolic OH excluding ortho intramolecular Hbond substituents is 1. The average Bonchev–Trinajstić information content (AvgIpc) is 4.13. The average molecular weight is 1150 g/mol. The lowest BCUT2D eigenvalue weighted by Crippen LogP contribution is -2.30. The number of benzene rings is 6. The Labute approximate surface area is 447 Å². The maximum Gasteiger partial charge on any atom is 0.416 e. The third-order valence-electron chi connectivity index (χ3n) is 10.7. The van der Waals surface area contributed by atoms with Gasteiger partial charge in [0, 0.05) is 46.4 Å². The first kappa shape index (κ1) is 58.6. The molecule has 408 valence electrons. The Hall–Kier alpha value is -7.61. The third kappa shape index (κ3) is 15.3. The second kappa shape index (κ2) is 25.0. The number of phenols is 1. The molecular weight excluding hydrogens is 1100 g/mol. The van der Waals surface area contributed by atoms with Crippen LogP contribution in [0.2, 0.25) is 0 Å². The molecule has 8 aromatic rings. The van der Waals surface area contributed by atoms with Gasteiger partial charge in [-0.05, 0) is 134 Å². The summed E-state index contributed by atoms with van der Waals surface area (Å²) in [6.45, 7) is 2.96. The Balaban J connectivity index is 0.000000213. The number of alkyl halides is 6. The van der Waals surface area contributed by atoms with Crippen molar-refractivity contribution in [3.05, 3.63) is 184 Å². The lowest BCUT2D eigenvalue weighted by Gasteiger charge is -2.23. The molecule has 0 atom stereocenters. The Kier molecular flexibility index (Phi) is 19.1. The first-order valence-electron chi connectivity index (χ1n) is 22.2. The van der Waals surface area contributed by atoms with E-state index in [1.54, 1.807) is 47.2 Å². The second-order valence-corrected chi connectivity index (χ2v) is 21.6. The molecule has 0 amide bonds. The number of hydrogen-bond acceptors (Lipinski definition) is 14. The van der Waals surface area contributed by atoms with Crippen molar-refractivity contribution in [1.82, 2.24) is 9.97 Å². The van der Waals surface area contributed by atoms with Crippen LogP contribution in [0.3, 0.4) is 0 Å². The summed E-state index contributed by atoms with van der Waals surface area (Å²) in [6, 6.07) is 26.7. The molecule has 0 aliphatic heterocycles. The van der Waals surface area contributed by atoms with Crippen LogP contribution in [0.4, 0.5) is 41.0 Å². The molecule has 0 aliphatic carbocycles. The zero-order valence-electron chi connectivity index (χ0n) is 41.5. The number of halogens is 7. The monoisotopic (exact) mass is 1150 g/mol. The van der Waals surface area contributed by atoms with E-state index in [9.17, 15) is 47.6 Å². The van der Waals surface area contributed by atoms with Gasteiger partial charge in [0.05, 0.1) is 62.4 Å². The van der Waals surface area contributed by atoms with Gasteiger partial charge in [0.25, 0.3) is 20.0 Å². The van der Waals surface area contributed by atoms with Gasteiger partial charge in [-0.1, -0.05) is 0 Å². The number of anilines is 2. The maximum absolute atomic E-state index is 13.7. The highest BCUT2D eigenvalue weighted by Crippen LogP contribution is 2.37. The standard InChI is InChI=1S/C26H23F3N2O5S2.C18H17FN2O4S2.C8H7F3O/c1-17-12-19(26(27,28)29)14-22(13-17)36-20-6-8-23(9-7-20)38(32,33)31(25-30-10-11-37-25)16-18-4-5-21(34-2)15-24(18)35-3;1-24-15-6-3-13(17(11-15)25-2)12-21(18-20-9-10-26-18)27(22,23)16-7-4-14(19)5-8-16;1-5-2-6(8(9,10)11)4-7(12)3-5/h4-15H,16H2,1-3H3;3-11H,12H2,1-2H3;2-4,12H,1H3. The number of aryl methyl sites for hydroxylation is 2. The molecule has 0 radical (unpaired) electrons. The molecule has 0 unspecified atom stereocenters. The van der Waals surface area contributed by atoms with Crippen molar-refractivity contribution in [3.8, 4) is 40.2 Å². The maximum atomic E-state index is 13.7. The molecule has 0 aliphatic rings. The van der Waals surface area contributed by atoms with E-state index >= 15 is 0 Å². The molecule has 0 saturated heterocycles. The molecule has 77 heavy (non-hydrogen) atoms. The molecule has 1 N–H and O–H groups in total. The van der Waals surface area contributed by atoms with Crippen molar-refractivity contribution in [3.63, 3.8) is 0 Å². The predicted octanol–water partition coefficient (Wildman–Crippen LogP) is 13.1. The normalized spacial score (nSPS) is 11.5. The Morgan fingerprint density at radius 1 is 0.519 bits per heavy atom. The van der Waals surface area contributed by atoms with Crippen LogP contribution in [0.15, 0.2) is 154 Å². The van der Waals surface area contributed by atoms with Crippen LogP contribution in [-0.4, -0.2) is 60.3 Å². The van der Waals surface area contributed by atoms with E-state index in [1.165, 1.54) is 119 Å². The van der Waals surface area contributed by atoms with Gasteiger partial charge >= 0.3 is 12.4 Å². The van der Waals surface area contributed by atoms with Crippen LogP contribution in [0.25, 0.3) is 0 Å². The first-order valence-corrected chi connectivity index (χ1v) is 26.9. The minimum atomic E-state index is -4.52. The Bertz CT molecular complexity index is 3440. The van der Waals surface area contributed by atoms with Crippen LogP contribution < -0.4 is 32.3 Å². The van der Waals surface area contributed by atoms with Crippen LogP contribution in [0.5, 0.6) is 40.2 Å². The third-order valence-corrected chi connectivity index (χ3v) is 16.0. The summed E-state index contributed by atoms with van der Waals surface area (Å²) in [5.74, 6) is 1.39.